The predicted octanol–water partition coefficient (Wildman–Crippen LogP) is 3.05. The zero-order chi connectivity index (χ0) is 16.7. The molecule has 2 N–H and O–H groups in total. The van der Waals surface area contributed by atoms with Crippen molar-refractivity contribution >= 4 is 35.1 Å². The second kappa shape index (κ2) is 8.98. The van der Waals surface area contributed by atoms with E-state index >= 15 is 0 Å². The second-order valence-corrected chi connectivity index (χ2v) is 6.07. The fourth-order valence-electron chi connectivity index (χ4n) is 1.78. The van der Waals surface area contributed by atoms with Crippen LogP contribution in [0.2, 0.25) is 10.0 Å². The maximum absolute atomic E-state index is 11.8. The van der Waals surface area contributed by atoms with Crippen LogP contribution in [-0.4, -0.2) is 36.5 Å². The monoisotopic (exact) mass is 345 g/mol. The van der Waals surface area contributed by atoms with Crippen molar-refractivity contribution in [2.75, 3.05) is 13.6 Å². The van der Waals surface area contributed by atoms with E-state index in [1.54, 1.807) is 24.1 Å². The number of likely N-dealkylation sites (N-methyl/N-ethyl adjacent to an activating group) is 1. The summed E-state index contributed by atoms with van der Waals surface area (Å²) in [5.41, 5.74) is 0.939. The van der Waals surface area contributed by atoms with Crippen molar-refractivity contribution in [1.82, 2.24) is 15.5 Å². The number of rotatable bonds is 6. The predicted molar refractivity (Wildman–Crippen MR) is 89.2 cm³/mol. The van der Waals surface area contributed by atoms with E-state index in [4.69, 9.17) is 23.2 Å². The number of urea groups is 1. The Morgan fingerprint density at radius 3 is 2.55 bits per heavy atom. The maximum Gasteiger partial charge on any atom is 0.321 e. The lowest BCUT2D eigenvalue weighted by atomic mass is 10.2. The Morgan fingerprint density at radius 2 is 1.95 bits per heavy atom. The Bertz CT molecular complexity index is 538. The molecule has 0 unspecified atom stereocenters. The molecule has 0 spiro atoms. The van der Waals surface area contributed by atoms with Gasteiger partial charge in [0.15, 0.2) is 0 Å². The van der Waals surface area contributed by atoms with E-state index in [9.17, 15) is 9.59 Å². The highest BCUT2D eigenvalue weighted by Crippen LogP contribution is 2.22. The molecule has 1 atom stereocenters. The Labute approximate surface area is 141 Å². The van der Waals surface area contributed by atoms with Gasteiger partial charge in [0, 0.05) is 12.6 Å². The first-order valence-corrected chi connectivity index (χ1v) is 7.80. The molecule has 0 radical (unpaired) electrons. The molecule has 0 fully saturated rings. The summed E-state index contributed by atoms with van der Waals surface area (Å²) in [6, 6.07) is 4.88. The first kappa shape index (κ1) is 18.7. The number of hydrogen-bond acceptors (Lipinski definition) is 3. The molecule has 0 aliphatic rings. The Kier molecular flexibility index (Phi) is 7.65. The molecule has 0 heterocycles. The minimum absolute atomic E-state index is 0.0294. The number of carbonyl (C=O) groups is 2. The molecule has 0 bridgehead atoms. The Hall–Kier alpha value is -1.30. The van der Waals surface area contributed by atoms with E-state index in [2.05, 4.69) is 10.6 Å². The van der Waals surface area contributed by atoms with Crippen LogP contribution in [0.5, 0.6) is 0 Å². The smallest absolute Gasteiger partial charge is 0.321 e. The lowest BCUT2D eigenvalue weighted by molar-refractivity contribution is -0.120. The largest absolute Gasteiger partial charge is 0.335 e. The van der Waals surface area contributed by atoms with Crippen molar-refractivity contribution < 1.29 is 9.59 Å². The van der Waals surface area contributed by atoms with Gasteiger partial charge in [-0.2, -0.15) is 0 Å². The minimum Gasteiger partial charge on any atom is -0.335 e. The van der Waals surface area contributed by atoms with Gasteiger partial charge in [-0.1, -0.05) is 36.2 Å². The fraction of sp³-hybridized carbons (Fsp3) is 0.467. The standard InChI is InChI=1S/C15H21Cl2N3O2/c1-4-10(2)18-15(22)19-14(21)9-20(3)8-11-5-6-12(16)13(17)7-11/h5-7,10H,4,8-9H2,1-3H3,(H2,18,19,21,22)/t10-/m1/s1. The van der Waals surface area contributed by atoms with Crippen LogP contribution in [0.4, 0.5) is 4.79 Å². The Balaban J connectivity index is 2.43. The molecular weight excluding hydrogens is 325 g/mol. The van der Waals surface area contributed by atoms with Crippen molar-refractivity contribution in [3.05, 3.63) is 33.8 Å². The third-order valence-corrected chi connectivity index (χ3v) is 3.83. The minimum atomic E-state index is -0.470. The molecule has 0 saturated heterocycles. The molecule has 3 amide bonds. The first-order chi connectivity index (χ1) is 10.3. The second-order valence-electron chi connectivity index (χ2n) is 5.25. The lowest BCUT2D eigenvalue weighted by Crippen LogP contribution is -2.46. The molecule has 0 aliphatic carbocycles. The molecule has 1 aromatic rings. The van der Waals surface area contributed by atoms with Crippen molar-refractivity contribution in [2.45, 2.75) is 32.9 Å². The van der Waals surface area contributed by atoms with E-state index in [0.717, 1.165) is 12.0 Å². The molecule has 1 rings (SSSR count). The van der Waals surface area contributed by atoms with Crippen molar-refractivity contribution in [3.8, 4) is 0 Å². The number of halogens is 2. The van der Waals surface area contributed by atoms with E-state index in [1.807, 2.05) is 19.9 Å². The number of hydrogen-bond donors (Lipinski definition) is 2. The summed E-state index contributed by atoms with van der Waals surface area (Å²) < 4.78 is 0. The third-order valence-electron chi connectivity index (χ3n) is 3.09. The highest BCUT2D eigenvalue weighted by atomic mass is 35.5. The highest BCUT2D eigenvalue weighted by Gasteiger charge is 2.12. The topological polar surface area (TPSA) is 61.4 Å². The number of imide groups is 1. The molecule has 7 heteroatoms. The number of nitrogens with zero attached hydrogens (tertiary/aromatic N) is 1. The number of benzene rings is 1. The summed E-state index contributed by atoms with van der Waals surface area (Å²) in [4.78, 5) is 25.1. The van der Waals surface area contributed by atoms with Crippen molar-refractivity contribution in [3.63, 3.8) is 0 Å². The normalized spacial score (nSPS) is 12.1. The third kappa shape index (κ3) is 6.64. The summed E-state index contributed by atoms with van der Waals surface area (Å²) in [5, 5.41) is 5.95. The molecule has 5 nitrogen and oxygen atoms in total. The summed E-state index contributed by atoms with van der Waals surface area (Å²) in [7, 11) is 1.79. The van der Waals surface area contributed by atoms with Crippen molar-refractivity contribution in [2.24, 2.45) is 0 Å². The van der Waals surface area contributed by atoms with Crippen LogP contribution in [0.3, 0.4) is 0 Å². The summed E-state index contributed by atoms with van der Waals surface area (Å²) in [6.45, 7) is 4.46. The van der Waals surface area contributed by atoms with Crippen LogP contribution >= 0.6 is 23.2 Å². The van der Waals surface area contributed by atoms with E-state index in [-0.39, 0.29) is 18.5 Å². The average Bonchev–Trinajstić information content (AvgIpc) is 2.42. The van der Waals surface area contributed by atoms with E-state index in [0.29, 0.717) is 16.6 Å². The molecular formula is C15H21Cl2N3O2. The van der Waals surface area contributed by atoms with Gasteiger partial charge in [0.2, 0.25) is 5.91 Å². The van der Waals surface area contributed by atoms with Crippen LogP contribution in [0.1, 0.15) is 25.8 Å². The van der Waals surface area contributed by atoms with Gasteiger partial charge in [-0.25, -0.2) is 4.79 Å². The number of carbonyl (C=O) groups excluding carboxylic acids is 2. The van der Waals surface area contributed by atoms with Crippen LogP contribution in [0.25, 0.3) is 0 Å². The van der Waals surface area contributed by atoms with Gasteiger partial charge in [0.25, 0.3) is 0 Å². The van der Waals surface area contributed by atoms with Gasteiger partial charge >= 0.3 is 6.03 Å². The van der Waals surface area contributed by atoms with Crippen LogP contribution in [0.15, 0.2) is 18.2 Å². The molecule has 0 saturated carbocycles. The average molecular weight is 346 g/mol. The van der Waals surface area contributed by atoms with Crippen molar-refractivity contribution in [1.29, 1.82) is 0 Å². The highest BCUT2D eigenvalue weighted by molar-refractivity contribution is 6.42. The Morgan fingerprint density at radius 1 is 1.27 bits per heavy atom. The van der Waals surface area contributed by atoms with Gasteiger partial charge in [0.1, 0.15) is 0 Å². The van der Waals surface area contributed by atoms with Gasteiger partial charge in [-0.15, -0.1) is 0 Å². The van der Waals surface area contributed by atoms with E-state index in [1.165, 1.54) is 0 Å². The molecule has 1 aromatic carbocycles. The van der Waals surface area contributed by atoms with Gasteiger partial charge in [0.05, 0.1) is 16.6 Å². The first-order valence-electron chi connectivity index (χ1n) is 7.04. The lowest BCUT2D eigenvalue weighted by Gasteiger charge is -2.17. The molecule has 22 heavy (non-hydrogen) atoms. The van der Waals surface area contributed by atoms with E-state index < -0.39 is 6.03 Å². The quantitative estimate of drug-likeness (QED) is 0.832. The van der Waals surface area contributed by atoms with Gasteiger partial charge in [-0.3, -0.25) is 15.0 Å². The van der Waals surface area contributed by atoms with Gasteiger partial charge in [-0.05, 0) is 38.1 Å². The number of nitrogens with one attached hydrogen (secondary N) is 2. The fourth-order valence-corrected chi connectivity index (χ4v) is 2.10. The SMILES string of the molecule is CC[C@@H](C)NC(=O)NC(=O)CN(C)Cc1ccc(Cl)c(Cl)c1. The summed E-state index contributed by atoms with van der Waals surface area (Å²) in [6.07, 6.45) is 0.804. The van der Waals surface area contributed by atoms with Gasteiger partial charge < -0.3 is 5.32 Å². The summed E-state index contributed by atoms with van der Waals surface area (Å²) >= 11 is 11.8. The zero-order valence-electron chi connectivity index (χ0n) is 13.0. The van der Waals surface area contributed by atoms with Crippen LogP contribution in [0, 0.1) is 0 Å². The number of amides is 3. The van der Waals surface area contributed by atoms with Crippen LogP contribution in [-0.2, 0) is 11.3 Å². The molecule has 122 valence electrons. The summed E-state index contributed by atoms with van der Waals surface area (Å²) in [5.74, 6) is -0.358. The molecule has 0 aromatic heterocycles. The maximum atomic E-state index is 11.8. The van der Waals surface area contributed by atoms with Crippen LogP contribution < -0.4 is 10.6 Å². The molecule has 0 aliphatic heterocycles. The zero-order valence-corrected chi connectivity index (χ0v) is 14.5.